The van der Waals surface area contributed by atoms with E-state index >= 15 is 0 Å². The highest BCUT2D eigenvalue weighted by Gasteiger charge is 1.92. The van der Waals surface area contributed by atoms with E-state index in [-0.39, 0.29) is 5.88 Å². The molecular weight excluding hydrogens is 188 g/mol. The Morgan fingerprint density at radius 1 is 1.46 bits per heavy atom. The molecule has 0 bridgehead atoms. The number of nitrogens with one attached hydrogen (secondary N) is 2. The minimum absolute atomic E-state index is 0.0623. The Morgan fingerprint density at radius 2 is 2.15 bits per heavy atom. The third kappa shape index (κ3) is 3.43. The van der Waals surface area contributed by atoms with Gasteiger partial charge in [-0.3, -0.25) is 4.21 Å². The Labute approximate surface area is 79.6 Å². The van der Waals surface area contributed by atoms with Crippen LogP contribution in [-0.4, -0.2) is 21.7 Å². The van der Waals surface area contributed by atoms with Gasteiger partial charge in [0.15, 0.2) is 0 Å². The average molecular weight is 199 g/mol. The van der Waals surface area contributed by atoms with E-state index in [0.29, 0.717) is 0 Å². The highest BCUT2D eigenvalue weighted by Crippen LogP contribution is 2.13. The van der Waals surface area contributed by atoms with Crippen molar-refractivity contribution in [1.82, 2.24) is 0 Å². The molecule has 4 nitrogen and oxygen atoms in total. The van der Waals surface area contributed by atoms with Crippen LogP contribution in [0.25, 0.3) is 0 Å². The van der Waals surface area contributed by atoms with Crippen LogP contribution in [0.5, 0.6) is 0 Å². The van der Waals surface area contributed by atoms with E-state index in [4.69, 9.17) is 0 Å². The summed E-state index contributed by atoms with van der Waals surface area (Å²) >= 11 is -2.06. The van der Waals surface area contributed by atoms with Gasteiger partial charge in [0.25, 0.3) is 0 Å². The summed E-state index contributed by atoms with van der Waals surface area (Å²) in [5.74, 6) is -0.0623. The highest BCUT2D eigenvalue weighted by atomic mass is 32.2. The van der Waals surface area contributed by atoms with E-state index in [1.165, 1.54) is 0 Å². The van der Waals surface area contributed by atoms with Gasteiger partial charge in [-0.05, 0) is 29.3 Å². The fraction of sp³-hybridized carbons (Fsp3) is 0.250. The molecule has 0 spiro atoms. The second kappa shape index (κ2) is 4.84. The molecular formula is C8H11N2O2S-. The van der Waals surface area contributed by atoms with E-state index in [0.717, 1.165) is 11.4 Å². The summed E-state index contributed by atoms with van der Waals surface area (Å²) in [5, 5.41) is 5.73. The summed E-state index contributed by atoms with van der Waals surface area (Å²) in [6, 6.07) is 7.40. The van der Waals surface area contributed by atoms with E-state index < -0.39 is 11.1 Å². The smallest absolute Gasteiger partial charge is 0.0777 e. The van der Waals surface area contributed by atoms with Gasteiger partial charge >= 0.3 is 0 Å². The quantitative estimate of drug-likeness (QED) is 0.709. The Balaban J connectivity index is 2.61. The highest BCUT2D eigenvalue weighted by molar-refractivity contribution is 7.79. The van der Waals surface area contributed by atoms with Crippen molar-refractivity contribution in [2.45, 2.75) is 0 Å². The molecule has 0 aromatic heterocycles. The second-order valence-corrected chi connectivity index (χ2v) is 3.35. The minimum atomic E-state index is -2.06. The first-order chi connectivity index (χ1) is 6.22. The van der Waals surface area contributed by atoms with E-state index in [9.17, 15) is 8.76 Å². The standard InChI is InChI=1S/C8H12N2O2S/c1-9-7-3-2-4-8(5-7)10-6-13(11)12/h2-5,9-10H,6H2,1H3,(H,11,12)/p-1. The van der Waals surface area contributed by atoms with Crippen molar-refractivity contribution in [2.75, 3.05) is 23.6 Å². The molecule has 0 aliphatic heterocycles. The normalized spacial score (nSPS) is 12.2. The van der Waals surface area contributed by atoms with Gasteiger partial charge in [0, 0.05) is 18.4 Å². The zero-order valence-corrected chi connectivity index (χ0v) is 8.06. The Hall–Kier alpha value is -1.07. The predicted octanol–water partition coefficient (Wildman–Crippen LogP) is 0.977. The maximum Gasteiger partial charge on any atom is 0.0777 e. The molecule has 0 aliphatic carbocycles. The number of anilines is 2. The van der Waals surface area contributed by atoms with Crippen molar-refractivity contribution in [3.63, 3.8) is 0 Å². The fourth-order valence-electron chi connectivity index (χ4n) is 0.927. The summed E-state index contributed by atoms with van der Waals surface area (Å²) in [6.45, 7) is 0. The van der Waals surface area contributed by atoms with Crippen molar-refractivity contribution in [2.24, 2.45) is 0 Å². The van der Waals surface area contributed by atoms with Crippen molar-refractivity contribution in [1.29, 1.82) is 0 Å². The van der Waals surface area contributed by atoms with Crippen molar-refractivity contribution < 1.29 is 8.76 Å². The topological polar surface area (TPSA) is 64.2 Å². The van der Waals surface area contributed by atoms with Crippen LogP contribution >= 0.6 is 0 Å². The minimum Gasteiger partial charge on any atom is -0.771 e. The molecule has 0 amide bonds. The molecule has 0 saturated carbocycles. The molecule has 0 aliphatic rings. The lowest BCUT2D eigenvalue weighted by Crippen LogP contribution is -2.07. The first kappa shape index (κ1) is 10.0. The summed E-state index contributed by atoms with van der Waals surface area (Å²) in [7, 11) is 1.81. The van der Waals surface area contributed by atoms with Gasteiger partial charge in [-0.15, -0.1) is 0 Å². The molecule has 5 heteroatoms. The lowest BCUT2D eigenvalue weighted by molar-refractivity contribution is 0.539. The molecule has 1 atom stereocenters. The zero-order valence-electron chi connectivity index (χ0n) is 7.24. The summed E-state index contributed by atoms with van der Waals surface area (Å²) < 4.78 is 20.5. The molecule has 2 N–H and O–H groups in total. The van der Waals surface area contributed by atoms with Gasteiger partial charge in [0.1, 0.15) is 0 Å². The fourth-order valence-corrected chi connectivity index (χ4v) is 1.21. The number of benzene rings is 1. The Bertz CT molecular complexity index is 304. The van der Waals surface area contributed by atoms with Gasteiger partial charge in [0.05, 0.1) is 5.88 Å². The van der Waals surface area contributed by atoms with Crippen molar-refractivity contribution in [3.05, 3.63) is 24.3 Å². The van der Waals surface area contributed by atoms with Gasteiger partial charge in [-0.25, -0.2) is 0 Å². The molecule has 0 saturated heterocycles. The molecule has 72 valence electrons. The SMILES string of the molecule is CNc1cccc(NCS(=O)[O-])c1. The van der Waals surface area contributed by atoms with Crippen LogP contribution in [0.2, 0.25) is 0 Å². The average Bonchev–Trinajstić information content (AvgIpc) is 2.15. The monoisotopic (exact) mass is 199 g/mol. The molecule has 0 heterocycles. The number of hydrogen-bond acceptors (Lipinski definition) is 4. The van der Waals surface area contributed by atoms with Crippen LogP contribution in [-0.2, 0) is 11.1 Å². The molecule has 1 unspecified atom stereocenters. The van der Waals surface area contributed by atoms with Crippen molar-refractivity contribution >= 4 is 22.5 Å². The second-order valence-electron chi connectivity index (χ2n) is 2.46. The molecule has 1 aromatic carbocycles. The zero-order chi connectivity index (χ0) is 9.68. The molecule has 13 heavy (non-hydrogen) atoms. The maximum absolute atomic E-state index is 10.2. The summed E-state index contributed by atoms with van der Waals surface area (Å²) in [4.78, 5) is 0. The molecule has 1 rings (SSSR count). The van der Waals surface area contributed by atoms with Crippen LogP contribution in [0.1, 0.15) is 0 Å². The van der Waals surface area contributed by atoms with Crippen LogP contribution in [0.4, 0.5) is 11.4 Å². The third-order valence-corrected chi connectivity index (χ3v) is 1.93. The van der Waals surface area contributed by atoms with Gasteiger partial charge in [0.2, 0.25) is 0 Å². The first-order valence-corrected chi connectivity index (χ1v) is 5.04. The maximum atomic E-state index is 10.2. The van der Waals surface area contributed by atoms with Crippen LogP contribution in [0, 0.1) is 0 Å². The molecule has 0 fully saturated rings. The third-order valence-electron chi connectivity index (χ3n) is 1.55. The van der Waals surface area contributed by atoms with E-state index in [1.54, 1.807) is 0 Å². The number of rotatable bonds is 4. The van der Waals surface area contributed by atoms with Gasteiger partial charge in [-0.2, -0.15) is 0 Å². The number of hydrogen-bond donors (Lipinski definition) is 2. The van der Waals surface area contributed by atoms with Crippen molar-refractivity contribution in [3.8, 4) is 0 Å². The Kier molecular flexibility index (Phi) is 3.72. The largest absolute Gasteiger partial charge is 0.771 e. The lowest BCUT2D eigenvalue weighted by atomic mass is 10.3. The predicted molar refractivity (Wildman–Crippen MR) is 53.4 cm³/mol. The van der Waals surface area contributed by atoms with Crippen LogP contribution < -0.4 is 10.6 Å². The summed E-state index contributed by atoms with van der Waals surface area (Å²) in [5.41, 5.74) is 1.73. The van der Waals surface area contributed by atoms with Crippen LogP contribution in [0.3, 0.4) is 0 Å². The molecule has 0 radical (unpaired) electrons. The van der Waals surface area contributed by atoms with E-state index in [2.05, 4.69) is 10.6 Å². The van der Waals surface area contributed by atoms with Gasteiger partial charge in [-0.1, -0.05) is 6.07 Å². The first-order valence-electron chi connectivity index (χ1n) is 3.80. The van der Waals surface area contributed by atoms with Crippen LogP contribution in [0.15, 0.2) is 24.3 Å². The molecule has 1 aromatic rings. The summed E-state index contributed by atoms with van der Waals surface area (Å²) in [6.07, 6.45) is 0. The van der Waals surface area contributed by atoms with Gasteiger partial charge < -0.3 is 15.2 Å². The Morgan fingerprint density at radius 3 is 2.77 bits per heavy atom. The lowest BCUT2D eigenvalue weighted by Gasteiger charge is -2.09. The van der Waals surface area contributed by atoms with E-state index in [1.807, 2.05) is 31.3 Å².